The molecule has 3 heterocycles. The predicted octanol–water partition coefficient (Wildman–Crippen LogP) is 4.16. The van der Waals surface area contributed by atoms with Gasteiger partial charge in [0, 0.05) is 50.6 Å². The Morgan fingerprint density at radius 2 is 1.65 bits per heavy atom. The summed E-state index contributed by atoms with van der Waals surface area (Å²) in [6.07, 6.45) is -1.06. The fourth-order valence-corrected chi connectivity index (χ4v) is 9.44. The van der Waals surface area contributed by atoms with E-state index in [1.807, 2.05) is 12.1 Å². The summed E-state index contributed by atoms with van der Waals surface area (Å²) in [6, 6.07) is 8.30. The van der Waals surface area contributed by atoms with Crippen molar-refractivity contribution in [3.8, 4) is 0 Å². The maximum atomic E-state index is 13.7. The van der Waals surface area contributed by atoms with Crippen molar-refractivity contribution in [3.05, 3.63) is 24.3 Å². The van der Waals surface area contributed by atoms with Crippen molar-refractivity contribution in [1.29, 1.82) is 0 Å². The summed E-state index contributed by atoms with van der Waals surface area (Å²) in [4.78, 5) is 32.9. The van der Waals surface area contributed by atoms with Gasteiger partial charge in [0.05, 0.1) is 16.5 Å². The van der Waals surface area contributed by atoms with Gasteiger partial charge < -0.3 is 10.0 Å². The first kappa shape index (κ1) is 26.6. The van der Waals surface area contributed by atoms with Crippen LogP contribution in [-0.2, 0) is 9.59 Å². The van der Waals surface area contributed by atoms with Crippen LogP contribution in [0.3, 0.4) is 0 Å². The summed E-state index contributed by atoms with van der Waals surface area (Å²) >= 11 is 1.53. The van der Waals surface area contributed by atoms with E-state index in [1.54, 1.807) is 0 Å². The van der Waals surface area contributed by atoms with Gasteiger partial charge in [-0.15, -0.1) is 0 Å². The molecule has 3 aliphatic carbocycles. The molecule has 0 spiro atoms. The van der Waals surface area contributed by atoms with Crippen LogP contribution in [0.4, 0.5) is 19.0 Å². The van der Waals surface area contributed by atoms with Crippen molar-refractivity contribution < 1.29 is 27.9 Å². The molecule has 2 amide bonds. The lowest BCUT2D eigenvalue weighted by molar-refractivity contribution is -0.282. The highest BCUT2D eigenvalue weighted by Gasteiger charge is 2.74. The highest BCUT2D eigenvalue weighted by molar-refractivity contribution is 7.13. The van der Waals surface area contributed by atoms with Gasteiger partial charge in [0.25, 0.3) is 0 Å². The number of hydrogen-bond donors (Lipinski definition) is 1. The number of imide groups is 1. The summed E-state index contributed by atoms with van der Waals surface area (Å²) in [7, 11) is 0. The molecule has 11 heteroatoms. The van der Waals surface area contributed by atoms with E-state index in [1.165, 1.54) is 26.5 Å². The standard InChI is InChI=1S/C29H35F3N4O3S/c30-29(31,32)28(39)14-19-13-21(28)24-23(19)26(37)36(27(24)38)16-18-6-2-1-5-17(18)15-34-9-11-35(12-10-34)25-20-7-3-4-8-22(20)40-33-25/h3-4,7-8,17-19,21,23-24,39H,1-2,5-6,9-16H2/t17?,18?,19-,21-,23-,24+,28-/m0/s1. The number of benzene rings is 1. The molecule has 2 bridgehead atoms. The zero-order valence-corrected chi connectivity index (χ0v) is 23.2. The monoisotopic (exact) mass is 576 g/mol. The number of halogens is 3. The van der Waals surface area contributed by atoms with Gasteiger partial charge >= 0.3 is 6.18 Å². The largest absolute Gasteiger partial charge is 0.417 e. The Morgan fingerprint density at radius 3 is 2.38 bits per heavy atom. The number of nitrogens with zero attached hydrogens (tertiary/aromatic N) is 4. The first-order chi connectivity index (χ1) is 19.2. The Morgan fingerprint density at radius 1 is 0.975 bits per heavy atom. The van der Waals surface area contributed by atoms with Crippen LogP contribution in [0.15, 0.2) is 24.3 Å². The molecule has 216 valence electrons. The summed E-state index contributed by atoms with van der Waals surface area (Å²) in [6.45, 7) is 4.81. The zero-order chi connectivity index (χ0) is 27.8. The number of hydrogen-bond acceptors (Lipinski definition) is 7. The molecule has 40 heavy (non-hydrogen) atoms. The van der Waals surface area contributed by atoms with Gasteiger partial charge in [0.2, 0.25) is 11.8 Å². The molecule has 0 radical (unpaired) electrons. The minimum Gasteiger partial charge on any atom is -0.380 e. The van der Waals surface area contributed by atoms with E-state index in [0.717, 1.165) is 64.2 Å². The van der Waals surface area contributed by atoms with Gasteiger partial charge in [-0.1, -0.05) is 25.0 Å². The number of carbonyl (C=O) groups is 2. The normalized spacial score (nSPS) is 36.7. The minimum atomic E-state index is -4.79. The molecule has 2 saturated heterocycles. The topological polar surface area (TPSA) is 77.0 Å². The number of carbonyl (C=O) groups excluding carboxylic acids is 2. The van der Waals surface area contributed by atoms with Crippen LogP contribution in [0.25, 0.3) is 10.1 Å². The van der Waals surface area contributed by atoms with Gasteiger partial charge in [0.1, 0.15) is 5.82 Å². The van der Waals surface area contributed by atoms with E-state index in [-0.39, 0.29) is 18.2 Å². The third kappa shape index (κ3) is 4.09. The minimum absolute atomic E-state index is 0.103. The summed E-state index contributed by atoms with van der Waals surface area (Å²) in [5.74, 6) is -2.76. The molecule has 5 fully saturated rings. The Bertz CT molecular complexity index is 1310. The molecular weight excluding hydrogens is 541 g/mol. The number of amides is 2. The predicted molar refractivity (Wildman–Crippen MR) is 145 cm³/mol. The molecule has 7 nitrogen and oxygen atoms in total. The fraction of sp³-hybridized carbons (Fsp3) is 0.690. The quantitative estimate of drug-likeness (QED) is 0.539. The van der Waals surface area contributed by atoms with E-state index < -0.39 is 47.8 Å². The first-order valence-corrected chi connectivity index (χ1v) is 15.4. The first-order valence-electron chi connectivity index (χ1n) is 14.6. The van der Waals surface area contributed by atoms with E-state index in [4.69, 9.17) is 4.37 Å². The molecule has 1 aromatic carbocycles. The number of aliphatic hydroxyl groups is 1. The van der Waals surface area contributed by atoms with Crippen molar-refractivity contribution in [2.24, 2.45) is 35.5 Å². The summed E-state index contributed by atoms with van der Waals surface area (Å²) in [5, 5.41) is 11.7. The molecular formula is C29H35F3N4O3S. The van der Waals surface area contributed by atoms with Crippen LogP contribution >= 0.6 is 11.5 Å². The third-order valence-electron chi connectivity index (χ3n) is 10.7. The second kappa shape index (κ2) is 9.66. The number of likely N-dealkylation sites (tertiary alicyclic amines) is 1. The average molecular weight is 577 g/mol. The molecule has 2 aromatic rings. The van der Waals surface area contributed by atoms with Gasteiger partial charge in [-0.2, -0.15) is 17.5 Å². The molecule has 7 rings (SSSR count). The summed E-state index contributed by atoms with van der Waals surface area (Å²) < 4.78 is 47.1. The van der Waals surface area contributed by atoms with Crippen LogP contribution in [0, 0.1) is 35.5 Å². The Kier molecular flexibility index (Phi) is 6.43. The summed E-state index contributed by atoms with van der Waals surface area (Å²) in [5.41, 5.74) is -2.86. The molecule has 2 unspecified atom stereocenters. The highest BCUT2D eigenvalue weighted by Crippen LogP contribution is 2.64. The van der Waals surface area contributed by atoms with Gasteiger partial charge in [-0.3, -0.25) is 19.4 Å². The molecule has 2 aliphatic heterocycles. The van der Waals surface area contributed by atoms with Crippen molar-refractivity contribution in [2.75, 3.05) is 44.2 Å². The average Bonchev–Trinajstić information content (AvgIpc) is 3.68. The number of fused-ring (bicyclic) bond motifs is 6. The number of rotatable bonds is 5. The lowest BCUT2D eigenvalue weighted by Crippen LogP contribution is -2.54. The maximum absolute atomic E-state index is 13.7. The Labute approximate surface area is 235 Å². The van der Waals surface area contributed by atoms with Crippen LogP contribution < -0.4 is 4.90 Å². The smallest absolute Gasteiger partial charge is 0.380 e. The van der Waals surface area contributed by atoms with Crippen molar-refractivity contribution >= 4 is 39.3 Å². The van der Waals surface area contributed by atoms with E-state index in [0.29, 0.717) is 12.5 Å². The second-order valence-electron chi connectivity index (χ2n) is 12.7. The second-order valence-corrected chi connectivity index (χ2v) is 13.5. The molecule has 1 N–H and O–H groups in total. The Balaban J connectivity index is 0.998. The lowest BCUT2D eigenvalue weighted by atomic mass is 9.72. The van der Waals surface area contributed by atoms with Gasteiger partial charge in [-0.05, 0) is 67.1 Å². The molecule has 7 atom stereocenters. The van der Waals surface area contributed by atoms with E-state index >= 15 is 0 Å². The molecule has 1 aromatic heterocycles. The SMILES string of the molecule is O=C1[C@H]2[C@H]3C[C@@H]([C@H]2C(=O)N1CC1CCCCC1CN1CCN(c2nsc4ccccc24)CC1)[C@](O)(C(F)(F)F)C3. The Hall–Kier alpha value is -2.24. The van der Waals surface area contributed by atoms with Crippen molar-refractivity contribution in [2.45, 2.75) is 50.3 Å². The van der Waals surface area contributed by atoms with Crippen LogP contribution in [0.2, 0.25) is 0 Å². The van der Waals surface area contributed by atoms with E-state index in [2.05, 4.69) is 21.9 Å². The zero-order valence-electron chi connectivity index (χ0n) is 22.4. The van der Waals surface area contributed by atoms with E-state index in [9.17, 15) is 27.9 Å². The van der Waals surface area contributed by atoms with Crippen LogP contribution in [0.5, 0.6) is 0 Å². The van der Waals surface area contributed by atoms with Crippen LogP contribution in [0.1, 0.15) is 38.5 Å². The number of anilines is 1. The van der Waals surface area contributed by atoms with Gasteiger partial charge in [0.15, 0.2) is 5.60 Å². The molecule has 5 aliphatic rings. The van der Waals surface area contributed by atoms with Crippen LogP contribution in [-0.4, -0.2) is 82.1 Å². The number of piperazine rings is 1. The fourth-order valence-electron chi connectivity index (χ4n) is 8.65. The third-order valence-corrected chi connectivity index (χ3v) is 11.5. The lowest BCUT2D eigenvalue weighted by Gasteiger charge is -2.40. The molecule has 3 saturated carbocycles. The van der Waals surface area contributed by atoms with Gasteiger partial charge in [-0.25, -0.2) is 0 Å². The number of alkyl halides is 3. The van der Waals surface area contributed by atoms with Crippen molar-refractivity contribution in [3.63, 3.8) is 0 Å². The number of aromatic nitrogens is 1. The highest BCUT2D eigenvalue weighted by atomic mass is 32.1. The van der Waals surface area contributed by atoms with Crippen molar-refractivity contribution in [1.82, 2.24) is 14.2 Å². The maximum Gasteiger partial charge on any atom is 0.417 e.